The maximum Gasteiger partial charge on any atom is 0.0466 e. The summed E-state index contributed by atoms with van der Waals surface area (Å²) >= 11 is 0. The quantitative estimate of drug-likeness (QED) is 0.425. The molecule has 0 atom stereocenters. The van der Waals surface area contributed by atoms with Crippen LogP contribution in [0.2, 0.25) is 0 Å². The van der Waals surface area contributed by atoms with Crippen molar-refractivity contribution in [1.29, 1.82) is 0 Å². The van der Waals surface area contributed by atoms with Gasteiger partial charge in [0.15, 0.2) is 0 Å². The molecule has 1 heteroatoms. The van der Waals surface area contributed by atoms with Crippen LogP contribution >= 0.6 is 0 Å². The summed E-state index contributed by atoms with van der Waals surface area (Å²) in [6.45, 7) is 8.02. The van der Waals surface area contributed by atoms with Crippen LogP contribution in [0.1, 0.15) is 71.1 Å². The van der Waals surface area contributed by atoms with Gasteiger partial charge < -0.3 is 4.74 Å². The summed E-state index contributed by atoms with van der Waals surface area (Å²) in [4.78, 5) is 0. The molecule has 0 N–H and O–H groups in total. The highest BCUT2D eigenvalue weighted by Crippen LogP contribution is 2.06. The van der Waals surface area contributed by atoms with Gasteiger partial charge >= 0.3 is 0 Å². The molecule has 0 bridgehead atoms. The van der Waals surface area contributed by atoms with E-state index in [1.54, 1.807) is 0 Å². The molecule has 0 aliphatic carbocycles. The maximum atomic E-state index is 5.55. The van der Waals surface area contributed by atoms with Crippen molar-refractivity contribution in [2.45, 2.75) is 71.1 Å². The van der Waals surface area contributed by atoms with E-state index in [2.05, 4.69) is 13.8 Å². The predicted octanol–water partition coefficient (Wildman–Crippen LogP) is 4.76. The van der Waals surface area contributed by atoms with Crippen LogP contribution in [0.5, 0.6) is 0 Å². The third kappa shape index (κ3) is 14.0. The zero-order valence-electron chi connectivity index (χ0n) is 10.6. The molecule has 0 fully saturated rings. The van der Waals surface area contributed by atoms with Crippen molar-refractivity contribution in [2.24, 2.45) is 0 Å². The number of ether oxygens (including phenoxy) is 1. The Hall–Kier alpha value is -0.0400. The molecule has 15 heavy (non-hydrogen) atoms. The van der Waals surface area contributed by atoms with Crippen LogP contribution in [0.15, 0.2) is 0 Å². The summed E-state index contributed by atoms with van der Waals surface area (Å²) in [7, 11) is 0. The lowest BCUT2D eigenvalue weighted by molar-refractivity contribution is 0.126. The Morgan fingerprint density at radius 3 is 1.87 bits per heavy atom. The van der Waals surface area contributed by atoms with E-state index < -0.39 is 0 Å². The first kappa shape index (κ1) is 15.0. The van der Waals surface area contributed by atoms with E-state index in [0.717, 1.165) is 19.6 Å². The van der Waals surface area contributed by atoms with Crippen molar-refractivity contribution in [2.75, 3.05) is 13.2 Å². The molecule has 0 saturated carbocycles. The van der Waals surface area contributed by atoms with Gasteiger partial charge in [0.25, 0.3) is 0 Å². The first-order valence-corrected chi connectivity index (χ1v) is 6.78. The van der Waals surface area contributed by atoms with Crippen LogP contribution in [0, 0.1) is 6.92 Å². The molecular formula is C14H29O. The van der Waals surface area contributed by atoms with Gasteiger partial charge in [0, 0.05) is 13.2 Å². The summed E-state index contributed by atoms with van der Waals surface area (Å²) in [6, 6.07) is 0. The second kappa shape index (κ2) is 14.0. The average molecular weight is 213 g/mol. The molecule has 0 aromatic carbocycles. The van der Waals surface area contributed by atoms with Gasteiger partial charge in [0.2, 0.25) is 0 Å². The van der Waals surface area contributed by atoms with Crippen molar-refractivity contribution < 1.29 is 4.74 Å². The minimum absolute atomic E-state index is 0.968. The van der Waals surface area contributed by atoms with Crippen molar-refractivity contribution >= 4 is 0 Å². The van der Waals surface area contributed by atoms with Gasteiger partial charge in [-0.25, -0.2) is 0 Å². The molecule has 0 rings (SSSR count). The van der Waals surface area contributed by atoms with Gasteiger partial charge in [-0.2, -0.15) is 0 Å². The van der Waals surface area contributed by atoms with Crippen LogP contribution in [0.3, 0.4) is 0 Å². The highest BCUT2D eigenvalue weighted by atomic mass is 16.5. The normalized spacial score (nSPS) is 10.8. The van der Waals surface area contributed by atoms with E-state index in [9.17, 15) is 0 Å². The molecule has 0 amide bonds. The number of hydrogen-bond acceptors (Lipinski definition) is 1. The van der Waals surface area contributed by atoms with E-state index in [1.807, 2.05) is 0 Å². The summed E-state index contributed by atoms with van der Waals surface area (Å²) in [5.74, 6) is 0. The lowest BCUT2D eigenvalue weighted by atomic mass is 10.1. The fraction of sp³-hybridized carbons (Fsp3) is 0.929. The van der Waals surface area contributed by atoms with Gasteiger partial charge in [0.05, 0.1) is 0 Å². The number of hydrogen-bond donors (Lipinski definition) is 0. The van der Waals surface area contributed by atoms with Crippen LogP contribution < -0.4 is 0 Å². The van der Waals surface area contributed by atoms with E-state index >= 15 is 0 Å². The summed E-state index contributed by atoms with van der Waals surface area (Å²) in [5.41, 5.74) is 0. The molecule has 0 saturated heterocycles. The Balaban J connectivity index is 2.81. The number of unbranched alkanes of at least 4 members (excludes halogenated alkanes) is 8. The number of rotatable bonds is 12. The predicted molar refractivity (Wildman–Crippen MR) is 68.0 cm³/mol. The van der Waals surface area contributed by atoms with Crippen LogP contribution in [-0.2, 0) is 4.74 Å². The van der Waals surface area contributed by atoms with E-state index in [1.165, 1.54) is 57.8 Å². The Bertz CT molecular complexity index is 89.5. The highest BCUT2D eigenvalue weighted by molar-refractivity contribution is 4.47. The van der Waals surface area contributed by atoms with Crippen LogP contribution in [0.25, 0.3) is 0 Å². The maximum absolute atomic E-state index is 5.55. The first-order chi connectivity index (χ1) is 7.41. The molecule has 0 heterocycles. The molecule has 0 unspecified atom stereocenters. The van der Waals surface area contributed by atoms with E-state index in [-0.39, 0.29) is 0 Å². The zero-order chi connectivity index (χ0) is 11.2. The minimum Gasteiger partial charge on any atom is -0.381 e. The fourth-order valence-electron chi connectivity index (χ4n) is 1.64. The molecular weight excluding hydrogens is 184 g/mol. The molecule has 0 aliphatic rings. The standard InChI is InChI=1S/C14H29O/c1-3-5-7-8-9-10-12-14-15-13-11-6-4-2/h1,3-14H2,2H3. The lowest BCUT2D eigenvalue weighted by Crippen LogP contribution is -1.96. The van der Waals surface area contributed by atoms with Gasteiger partial charge in [0.1, 0.15) is 0 Å². The highest BCUT2D eigenvalue weighted by Gasteiger charge is 1.91. The van der Waals surface area contributed by atoms with Crippen LogP contribution in [-0.4, -0.2) is 13.2 Å². The van der Waals surface area contributed by atoms with Gasteiger partial charge in [-0.15, -0.1) is 0 Å². The van der Waals surface area contributed by atoms with Crippen LogP contribution in [0.4, 0.5) is 0 Å². The Kier molecular flexibility index (Phi) is 13.9. The average Bonchev–Trinajstić information content (AvgIpc) is 2.26. The monoisotopic (exact) mass is 213 g/mol. The third-order valence-corrected chi connectivity index (χ3v) is 2.68. The SMILES string of the molecule is [CH2]CCCCCCCCOCCCCC. The lowest BCUT2D eigenvalue weighted by Gasteiger charge is -2.03. The van der Waals surface area contributed by atoms with Gasteiger partial charge in [-0.1, -0.05) is 65.2 Å². The molecule has 1 nitrogen and oxygen atoms in total. The topological polar surface area (TPSA) is 9.23 Å². The van der Waals surface area contributed by atoms with Crippen molar-refractivity contribution in [3.8, 4) is 0 Å². The first-order valence-electron chi connectivity index (χ1n) is 6.78. The Morgan fingerprint density at radius 1 is 0.733 bits per heavy atom. The summed E-state index contributed by atoms with van der Waals surface area (Å²) < 4.78 is 5.55. The van der Waals surface area contributed by atoms with Crippen molar-refractivity contribution in [3.63, 3.8) is 0 Å². The molecule has 0 aromatic rings. The third-order valence-electron chi connectivity index (χ3n) is 2.68. The summed E-state index contributed by atoms with van der Waals surface area (Å²) in [5, 5.41) is 0. The van der Waals surface area contributed by atoms with E-state index in [4.69, 9.17) is 4.74 Å². The largest absolute Gasteiger partial charge is 0.381 e. The second-order valence-electron chi connectivity index (χ2n) is 4.29. The molecule has 91 valence electrons. The zero-order valence-corrected chi connectivity index (χ0v) is 10.6. The smallest absolute Gasteiger partial charge is 0.0466 e. The van der Waals surface area contributed by atoms with Gasteiger partial charge in [-0.05, 0) is 12.8 Å². The van der Waals surface area contributed by atoms with Gasteiger partial charge in [-0.3, -0.25) is 0 Å². The summed E-state index contributed by atoms with van der Waals surface area (Å²) in [6.07, 6.45) is 12.9. The van der Waals surface area contributed by atoms with Crippen molar-refractivity contribution in [3.05, 3.63) is 6.92 Å². The van der Waals surface area contributed by atoms with E-state index in [0.29, 0.717) is 0 Å². The minimum atomic E-state index is 0.968. The fourth-order valence-corrected chi connectivity index (χ4v) is 1.64. The molecule has 0 aliphatic heterocycles. The second-order valence-corrected chi connectivity index (χ2v) is 4.29. The molecule has 0 spiro atoms. The Morgan fingerprint density at radius 2 is 1.27 bits per heavy atom. The molecule has 0 aromatic heterocycles. The molecule has 1 radical (unpaired) electrons. The van der Waals surface area contributed by atoms with Crippen molar-refractivity contribution in [1.82, 2.24) is 0 Å². The Labute approximate surface area is 96.6 Å².